The Morgan fingerprint density at radius 3 is 2.83 bits per heavy atom. The van der Waals surface area contributed by atoms with E-state index >= 15 is 0 Å². The molecular formula is C12H9N3O2S. The number of thioether (sulfide) groups is 1. The van der Waals surface area contributed by atoms with E-state index in [-0.39, 0.29) is 5.69 Å². The number of para-hydroxylation sites is 2. The van der Waals surface area contributed by atoms with E-state index in [9.17, 15) is 10.1 Å². The van der Waals surface area contributed by atoms with Gasteiger partial charge in [-0.15, -0.1) is 0 Å². The lowest BCUT2D eigenvalue weighted by atomic mass is 10.2. The van der Waals surface area contributed by atoms with E-state index in [1.54, 1.807) is 35.0 Å². The number of rotatable bonds is 4. The molecule has 90 valence electrons. The average Bonchev–Trinajstić information content (AvgIpc) is 2.84. The van der Waals surface area contributed by atoms with Crippen molar-refractivity contribution in [3.05, 3.63) is 52.7 Å². The highest BCUT2D eigenvalue weighted by molar-refractivity contribution is 7.99. The number of hydrogen-bond acceptors (Lipinski definition) is 4. The molecule has 0 aliphatic rings. The van der Waals surface area contributed by atoms with E-state index in [1.165, 1.54) is 17.8 Å². The van der Waals surface area contributed by atoms with Gasteiger partial charge in [-0.1, -0.05) is 23.9 Å². The zero-order chi connectivity index (χ0) is 13.0. The van der Waals surface area contributed by atoms with Crippen LogP contribution in [-0.4, -0.2) is 15.2 Å². The van der Waals surface area contributed by atoms with Gasteiger partial charge in [0, 0.05) is 12.3 Å². The van der Waals surface area contributed by atoms with Gasteiger partial charge in [-0.3, -0.25) is 10.1 Å². The van der Waals surface area contributed by atoms with Crippen molar-refractivity contribution in [2.24, 2.45) is 0 Å². The van der Waals surface area contributed by atoms with Crippen LogP contribution in [0.15, 0.2) is 47.6 Å². The third-order valence-electron chi connectivity index (χ3n) is 2.33. The molecule has 0 bridgehead atoms. The summed E-state index contributed by atoms with van der Waals surface area (Å²) in [5.41, 5.74) is 0.556. The van der Waals surface area contributed by atoms with Crippen molar-refractivity contribution in [1.82, 2.24) is 4.57 Å². The standard InChI is InChI=1S/C12H9N3O2S/c13-7-9-18-12-6-3-8-14(12)10-4-1-2-5-11(10)15(16)17/h1-6,8H,9H2. The third-order valence-corrected chi connectivity index (χ3v) is 3.24. The van der Waals surface area contributed by atoms with Crippen molar-refractivity contribution in [2.75, 3.05) is 5.75 Å². The van der Waals surface area contributed by atoms with Crippen LogP contribution in [-0.2, 0) is 0 Å². The van der Waals surface area contributed by atoms with Gasteiger partial charge in [0.25, 0.3) is 5.69 Å². The number of aromatic nitrogens is 1. The van der Waals surface area contributed by atoms with Crippen LogP contribution in [0.3, 0.4) is 0 Å². The predicted octanol–water partition coefficient (Wildman–Crippen LogP) is 3.00. The first-order chi connectivity index (χ1) is 8.74. The van der Waals surface area contributed by atoms with Gasteiger partial charge in [0.15, 0.2) is 0 Å². The van der Waals surface area contributed by atoms with E-state index in [2.05, 4.69) is 0 Å². The van der Waals surface area contributed by atoms with Gasteiger partial charge in [-0.05, 0) is 18.2 Å². The average molecular weight is 259 g/mol. The number of nitriles is 1. The van der Waals surface area contributed by atoms with Crippen LogP contribution in [0.25, 0.3) is 5.69 Å². The van der Waals surface area contributed by atoms with Crippen molar-refractivity contribution >= 4 is 17.4 Å². The maximum atomic E-state index is 11.0. The first-order valence-electron chi connectivity index (χ1n) is 5.15. The number of nitro groups is 1. The molecule has 0 amide bonds. The van der Waals surface area contributed by atoms with Crippen LogP contribution < -0.4 is 0 Å². The highest BCUT2D eigenvalue weighted by Crippen LogP contribution is 2.28. The minimum Gasteiger partial charge on any atom is -0.306 e. The van der Waals surface area contributed by atoms with E-state index in [4.69, 9.17) is 5.26 Å². The van der Waals surface area contributed by atoms with Crippen LogP contribution in [0, 0.1) is 21.4 Å². The van der Waals surface area contributed by atoms with Crippen LogP contribution in [0.1, 0.15) is 0 Å². The molecule has 1 heterocycles. The summed E-state index contributed by atoms with van der Waals surface area (Å²) >= 11 is 1.35. The highest BCUT2D eigenvalue weighted by Gasteiger charge is 2.15. The fourth-order valence-corrected chi connectivity index (χ4v) is 2.30. The molecule has 5 nitrogen and oxygen atoms in total. The topological polar surface area (TPSA) is 71.9 Å². The van der Waals surface area contributed by atoms with Gasteiger partial charge in [-0.25, -0.2) is 0 Å². The lowest BCUT2D eigenvalue weighted by Crippen LogP contribution is -1.99. The molecule has 0 atom stereocenters. The fourth-order valence-electron chi connectivity index (χ4n) is 1.61. The summed E-state index contributed by atoms with van der Waals surface area (Å²) < 4.78 is 1.72. The highest BCUT2D eigenvalue weighted by atomic mass is 32.2. The van der Waals surface area contributed by atoms with E-state index < -0.39 is 4.92 Å². The van der Waals surface area contributed by atoms with Gasteiger partial charge in [0.1, 0.15) is 5.69 Å². The molecule has 2 rings (SSSR count). The molecule has 1 aromatic carbocycles. The molecular weight excluding hydrogens is 250 g/mol. The first-order valence-corrected chi connectivity index (χ1v) is 6.13. The van der Waals surface area contributed by atoms with Crippen molar-refractivity contribution in [1.29, 1.82) is 5.26 Å². The Balaban J connectivity index is 2.46. The lowest BCUT2D eigenvalue weighted by molar-refractivity contribution is -0.384. The summed E-state index contributed by atoms with van der Waals surface area (Å²) in [4.78, 5) is 10.6. The molecule has 0 spiro atoms. The number of hydrogen-bond donors (Lipinski definition) is 0. The molecule has 0 aliphatic carbocycles. The molecule has 0 unspecified atom stereocenters. The predicted molar refractivity (Wildman–Crippen MR) is 68.8 cm³/mol. The van der Waals surface area contributed by atoms with Crippen molar-refractivity contribution < 1.29 is 4.92 Å². The number of nitro benzene ring substituents is 1. The summed E-state index contributed by atoms with van der Waals surface area (Å²) in [5, 5.41) is 20.4. The minimum atomic E-state index is -0.409. The second-order valence-electron chi connectivity index (χ2n) is 3.41. The number of nitrogens with zero attached hydrogens (tertiary/aromatic N) is 3. The summed E-state index contributed by atoms with van der Waals surface area (Å²) in [6.07, 6.45) is 1.75. The minimum absolute atomic E-state index is 0.0486. The molecule has 2 aromatic rings. The van der Waals surface area contributed by atoms with Gasteiger partial charge >= 0.3 is 0 Å². The maximum absolute atomic E-state index is 11.0. The molecule has 0 aliphatic heterocycles. The lowest BCUT2D eigenvalue weighted by Gasteiger charge is -2.07. The molecule has 0 saturated heterocycles. The SMILES string of the molecule is N#CCSc1cccn1-c1ccccc1[N+](=O)[O-]. The monoisotopic (exact) mass is 259 g/mol. The van der Waals surface area contributed by atoms with E-state index in [0.29, 0.717) is 11.4 Å². The molecule has 6 heteroatoms. The second-order valence-corrected chi connectivity index (χ2v) is 4.40. The van der Waals surface area contributed by atoms with Gasteiger partial charge < -0.3 is 4.57 Å². The molecule has 1 aromatic heterocycles. The van der Waals surface area contributed by atoms with Gasteiger partial charge in [-0.2, -0.15) is 5.26 Å². The van der Waals surface area contributed by atoms with Crippen LogP contribution in [0.2, 0.25) is 0 Å². The van der Waals surface area contributed by atoms with Crippen LogP contribution in [0.4, 0.5) is 5.69 Å². The van der Waals surface area contributed by atoms with Crippen molar-refractivity contribution in [3.8, 4) is 11.8 Å². The van der Waals surface area contributed by atoms with E-state index in [1.807, 2.05) is 12.1 Å². The summed E-state index contributed by atoms with van der Waals surface area (Å²) in [6, 6.07) is 12.2. The van der Waals surface area contributed by atoms with Crippen LogP contribution >= 0.6 is 11.8 Å². The number of benzene rings is 1. The van der Waals surface area contributed by atoms with E-state index in [0.717, 1.165) is 5.03 Å². The zero-order valence-electron chi connectivity index (χ0n) is 9.31. The van der Waals surface area contributed by atoms with Gasteiger partial charge in [0.05, 0.1) is 21.8 Å². The Bertz CT molecular complexity index is 616. The Hall–Kier alpha value is -2.26. The van der Waals surface area contributed by atoms with Gasteiger partial charge in [0.2, 0.25) is 0 Å². The third kappa shape index (κ3) is 2.36. The zero-order valence-corrected chi connectivity index (χ0v) is 10.1. The molecule has 18 heavy (non-hydrogen) atoms. The molecule has 0 fully saturated rings. The Labute approximate surface area is 108 Å². The van der Waals surface area contributed by atoms with Crippen LogP contribution in [0.5, 0.6) is 0 Å². The quantitative estimate of drug-likeness (QED) is 0.480. The molecule has 0 N–H and O–H groups in total. The second kappa shape index (κ2) is 5.38. The maximum Gasteiger partial charge on any atom is 0.293 e. The Morgan fingerprint density at radius 1 is 1.33 bits per heavy atom. The first kappa shape index (κ1) is 12.2. The fraction of sp³-hybridized carbons (Fsp3) is 0.0833. The summed E-state index contributed by atoms with van der Waals surface area (Å²) in [5.74, 6) is 0.310. The molecule has 0 radical (unpaired) electrons. The van der Waals surface area contributed by atoms with Crippen molar-refractivity contribution in [2.45, 2.75) is 5.03 Å². The van der Waals surface area contributed by atoms with Crippen molar-refractivity contribution in [3.63, 3.8) is 0 Å². The summed E-state index contributed by atoms with van der Waals surface area (Å²) in [7, 11) is 0. The Morgan fingerprint density at radius 2 is 2.11 bits per heavy atom. The summed E-state index contributed by atoms with van der Waals surface area (Å²) in [6.45, 7) is 0. The Kier molecular flexibility index (Phi) is 3.65. The normalized spacial score (nSPS) is 9.94. The largest absolute Gasteiger partial charge is 0.306 e. The smallest absolute Gasteiger partial charge is 0.293 e. The molecule has 0 saturated carbocycles.